The molecule has 0 spiro atoms. The zero-order valence-corrected chi connectivity index (χ0v) is 21.9. The quantitative estimate of drug-likeness (QED) is 0.279. The molecule has 0 radical (unpaired) electrons. The first-order valence-corrected chi connectivity index (χ1v) is 13.1. The Bertz CT molecular complexity index is 1100. The highest BCUT2D eigenvalue weighted by Gasteiger charge is 2.42. The molecule has 0 saturated carbocycles. The van der Waals surface area contributed by atoms with Gasteiger partial charge in [-0.25, -0.2) is 0 Å². The maximum Gasteiger partial charge on any atom is 0.0639 e. The molecular weight excluding hydrogens is 428 g/mol. The fourth-order valence-electron chi connectivity index (χ4n) is 5.56. The fraction of sp³-hybridized carbons (Fsp3) is 0.406. The van der Waals surface area contributed by atoms with E-state index in [1.54, 1.807) is 0 Å². The summed E-state index contributed by atoms with van der Waals surface area (Å²) in [5, 5.41) is 14.0. The number of oxime groups is 1. The van der Waals surface area contributed by atoms with E-state index < -0.39 is 0 Å². The molecule has 35 heavy (non-hydrogen) atoms. The van der Waals surface area contributed by atoms with E-state index >= 15 is 0 Å². The van der Waals surface area contributed by atoms with Crippen LogP contribution < -0.4 is 0 Å². The summed E-state index contributed by atoms with van der Waals surface area (Å²) in [6.45, 7) is 12.0. The largest absolute Gasteiger partial charge is 0.411 e. The van der Waals surface area contributed by atoms with E-state index in [2.05, 4.69) is 124 Å². The number of hydrogen-bond acceptors (Lipinski definition) is 3. The van der Waals surface area contributed by atoms with Crippen LogP contribution in [-0.2, 0) is 6.54 Å². The lowest BCUT2D eigenvalue weighted by molar-refractivity contribution is 0.0785. The third-order valence-electron chi connectivity index (χ3n) is 7.68. The molecule has 3 aromatic rings. The van der Waals surface area contributed by atoms with Crippen LogP contribution in [0.25, 0.3) is 0 Å². The van der Waals surface area contributed by atoms with Gasteiger partial charge in [-0.3, -0.25) is 4.90 Å². The topological polar surface area (TPSA) is 35.8 Å². The minimum absolute atomic E-state index is 0.135. The first-order chi connectivity index (χ1) is 16.9. The number of benzene rings is 3. The van der Waals surface area contributed by atoms with E-state index in [-0.39, 0.29) is 18.0 Å². The zero-order valence-electron chi connectivity index (χ0n) is 21.9. The molecule has 1 saturated heterocycles. The van der Waals surface area contributed by atoms with Gasteiger partial charge in [-0.1, -0.05) is 119 Å². The summed E-state index contributed by atoms with van der Waals surface area (Å²) in [7, 11) is 0. The Morgan fingerprint density at radius 1 is 0.800 bits per heavy atom. The predicted molar refractivity (Wildman–Crippen MR) is 146 cm³/mol. The molecule has 3 unspecified atom stereocenters. The van der Waals surface area contributed by atoms with Gasteiger partial charge < -0.3 is 5.21 Å². The Labute approximate surface area is 211 Å². The Hall–Kier alpha value is -2.91. The van der Waals surface area contributed by atoms with Gasteiger partial charge in [-0.05, 0) is 46.1 Å². The normalized spacial score (nSPS) is 22.3. The summed E-state index contributed by atoms with van der Waals surface area (Å²) in [5.41, 5.74) is 7.49. The predicted octanol–water partition coefficient (Wildman–Crippen LogP) is 8.48. The summed E-state index contributed by atoms with van der Waals surface area (Å²) < 4.78 is 0. The number of hydrogen-bond donors (Lipinski definition) is 1. The summed E-state index contributed by atoms with van der Waals surface area (Å²) in [6.07, 6.45) is 1.67. The van der Waals surface area contributed by atoms with Crippen LogP contribution in [0.4, 0.5) is 0 Å². The van der Waals surface area contributed by atoms with Crippen LogP contribution in [0.15, 0.2) is 84.0 Å². The van der Waals surface area contributed by atoms with E-state index in [1.165, 1.54) is 27.8 Å². The van der Waals surface area contributed by atoms with Gasteiger partial charge in [0, 0.05) is 31.0 Å². The van der Waals surface area contributed by atoms with Gasteiger partial charge in [0.1, 0.15) is 0 Å². The van der Waals surface area contributed by atoms with Crippen LogP contribution in [0.1, 0.15) is 99.2 Å². The minimum Gasteiger partial charge on any atom is -0.411 e. The summed E-state index contributed by atoms with van der Waals surface area (Å²) >= 11 is 0. The van der Waals surface area contributed by atoms with E-state index in [4.69, 9.17) is 0 Å². The molecule has 3 heteroatoms. The lowest BCUT2D eigenvalue weighted by Crippen LogP contribution is -2.45. The van der Waals surface area contributed by atoms with E-state index in [1.807, 2.05) is 0 Å². The Kier molecular flexibility index (Phi) is 8.07. The van der Waals surface area contributed by atoms with Gasteiger partial charge in [0.15, 0.2) is 0 Å². The van der Waals surface area contributed by atoms with Crippen molar-refractivity contribution in [3.63, 3.8) is 0 Å². The first kappa shape index (κ1) is 25.2. The number of piperidine rings is 1. The number of nitrogens with zero attached hydrogens (tertiary/aromatic N) is 2. The summed E-state index contributed by atoms with van der Waals surface area (Å²) in [6, 6.07) is 29.2. The average molecular weight is 469 g/mol. The molecule has 3 aromatic carbocycles. The second-order valence-corrected chi connectivity index (χ2v) is 10.6. The fourth-order valence-corrected chi connectivity index (χ4v) is 5.56. The van der Waals surface area contributed by atoms with Crippen molar-refractivity contribution in [2.45, 2.75) is 77.9 Å². The highest BCUT2D eigenvalue weighted by atomic mass is 16.4. The molecule has 1 aliphatic heterocycles. The lowest BCUT2D eigenvalue weighted by atomic mass is 9.76. The van der Waals surface area contributed by atoms with Gasteiger partial charge in [0.2, 0.25) is 0 Å². The zero-order chi connectivity index (χ0) is 24.9. The first-order valence-electron chi connectivity index (χ1n) is 13.1. The molecule has 184 valence electrons. The second kappa shape index (κ2) is 11.2. The number of likely N-dealkylation sites (tertiary alicyclic amines) is 1. The van der Waals surface area contributed by atoms with Crippen LogP contribution in [0.5, 0.6) is 0 Å². The van der Waals surface area contributed by atoms with Gasteiger partial charge >= 0.3 is 0 Å². The van der Waals surface area contributed by atoms with Crippen molar-refractivity contribution in [1.82, 2.24) is 4.90 Å². The van der Waals surface area contributed by atoms with Crippen LogP contribution in [0, 0.1) is 5.92 Å². The van der Waals surface area contributed by atoms with Crippen molar-refractivity contribution >= 4 is 5.71 Å². The van der Waals surface area contributed by atoms with Gasteiger partial charge in [0.05, 0.1) is 5.71 Å². The molecule has 0 aliphatic carbocycles. The monoisotopic (exact) mass is 468 g/mol. The van der Waals surface area contributed by atoms with Crippen molar-refractivity contribution < 1.29 is 5.21 Å². The Balaban J connectivity index is 1.82. The van der Waals surface area contributed by atoms with E-state index in [0.29, 0.717) is 11.8 Å². The SMILES string of the molecule is CCC1C(=NO)CC(c2ccc(C(C)C)cc2)N(Cc2ccccc2)C1c1ccc(C(C)C)cc1. The number of rotatable bonds is 7. The molecule has 4 rings (SSSR count). The Morgan fingerprint density at radius 2 is 1.34 bits per heavy atom. The van der Waals surface area contributed by atoms with Gasteiger partial charge in [0.25, 0.3) is 0 Å². The van der Waals surface area contributed by atoms with Gasteiger partial charge in [-0.2, -0.15) is 0 Å². The third kappa shape index (κ3) is 5.51. The second-order valence-electron chi connectivity index (χ2n) is 10.6. The molecular formula is C32H40N2O. The van der Waals surface area contributed by atoms with Crippen molar-refractivity contribution in [2.75, 3.05) is 0 Å². The average Bonchev–Trinajstić information content (AvgIpc) is 2.89. The maximum atomic E-state index is 10.1. The van der Waals surface area contributed by atoms with Crippen LogP contribution in [0.2, 0.25) is 0 Å². The maximum absolute atomic E-state index is 10.1. The van der Waals surface area contributed by atoms with Crippen molar-refractivity contribution in [3.05, 3.63) is 107 Å². The molecule has 3 atom stereocenters. The molecule has 1 N–H and O–H groups in total. The van der Waals surface area contributed by atoms with Crippen molar-refractivity contribution in [3.8, 4) is 0 Å². The molecule has 0 aromatic heterocycles. The molecule has 1 heterocycles. The third-order valence-corrected chi connectivity index (χ3v) is 7.68. The van der Waals surface area contributed by atoms with Crippen LogP contribution in [-0.4, -0.2) is 15.8 Å². The highest BCUT2D eigenvalue weighted by molar-refractivity contribution is 5.88. The lowest BCUT2D eigenvalue weighted by Gasteiger charge is -2.47. The summed E-state index contributed by atoms with van der Waals surface area (Å²) in [4.78, 5) is 2.65. The van der Waals surface area contributed by atoms with Gasteiger partial charge in [-0.15, -0.1) is 0 Å². The molecule has 0 amide bonds. The minimum atomic E-state index is 0.135. The Morgan fingerprint density at radius 3 is 1.83 bits per heavy atom. The van der Waals surface area contributed by atoms with Crippen molar-refractivity contribution in [1.29, 1.82) is 0 Å². The van der Waals surface area contributed by atoms with Crippen LogP contribution >= 0.6 is 0 Å². The highest BCUT2D eigenvalue weighted by Crippen LogP contribution is 2.46. The van der Waals surface area contributed by atoms with Crippen LogP contribution in [0.3, 0.4) is 0 Å². The summed E-state index contributed by atoms with van der Waals surface area (Å²) in [5.74, 6) is 1.17. The van der Waals surface area contributed by atoms with Crippen molar-refractivity contribution in [2.24, 2.45) is 11.1 Å². The molecule has 1 aliphatic rings. The molecule has 3 nitrogen and oxygen atoms in total. The smallest absolute Gasteiger partial charge is 0.0639 e. The molecule has 1 fully saturated rings. The van der Waals surface area contributed by atoms with E-state index in [0.717, 1.165) is 25.1 Å². The standard InChI is InChI=1S/C32H40N2O/c1-6-29-30(33-35)20-31(27-16-12-25(13-17-27)22(2)3)34(21-24-10-8-7-9-11-24)32(29)28-18-14-26(15-19-28)23(4)5/h7-19,22-23,29,31-32,35H,6,20-21H2,1-5H3. The molecule has 0 bridgehead atoms. The van der Waals surface area contributed by atoms with E-state index in [9.17, 15) is 5.21 Å².